The molecule has 10 nitrogen and oxygen atoms in total. The number of fused-ring (bicyclic) bond motifs is 1. The average Bonchev–Trinajstić information content (AvgIpc) is 3.23. The maximum Gasteiger partial charge on any atom is 0.433 e. The summed E-state index contributed by atoms with van der Waals surface area (Å²) in [5, 5.41) is 7.04. The summed E-state index contributed by atoms with van der Waals surface area (Å²) in [6, 6.07) is 1.83. The average molecular weight is 488 g/mol. The van der Waals surface area contributed by atoms with Crippen LogP contribution in [-0.2, 0) is 28.9 Å². The van der Waals surface area contributed by atoms with E-state index in [1.165, 1.54) is 17.9 Å². The molecular weight excluding hydrogens is 465 g/mol. The highest BCUT2D eigenvalue weighted by Gasteiger charge is 2.32. The number of hydrogen-bond acceptors (Lipinski definition) is 7. The van der Waals surface area contributed by atoms with Gasteiger partial charge in [0, 0.05) is 31.9 Å². The second-order valence-corrected chi connectivity index (χ2v) is 8.28. The SMILES string of the molecule is CC(=O)N(Cc1cnn(Cc2ccc(C(F)(F)F)nc2)c1)c1nc(C)c2c(n1)N(C)[C@H](C)C(=O)N2. The van der Waals surface area contributed by atoms with Gasteiger partial charge >= 0.3 is 6.18 Å². The van der Waals surface area contributed by atoms with Gasteiger partial charge in [-0.25, -0.2) is 4.98 Å². The van der Waals surface area contributed by atoms with Crippen molar-refractivity contribution in [3.8, 4) is 0 Å². The minimum atomic E-state index is -4.50. The van der Waals surface area contributed by atoms with E-state index < -0.39 is 17.9 Å². The van der Waals surface area contributed by atoms with Crippen LogP contribution in [0.1, 0.15) is 36.4 Å². The van der Waals surface area contributed by atoms with E-state index in [1.54, 1.807) is 42.9 Å². The molecule has 0 unspecified atom stereocenters. The van der Waals surface area contributed by atoms with E-state index >= 15 is 0 Å². The summed E-state index contributed by atoms with van der Waals surface area (Å²) < 4.78 is 39.7. The highest BCUT2D eigenvalue weighted by molar-refractivity contribution is 6.03. The van der Waals surface area contributed by atoms with Gasteiger partial charge in [-0.15, -0.1) is 0 Å². The van der Waals surface area contributed by atoms with Gasteiger partial charge in [-0.1, -0.05) is 6.07 Å². The smallest absolute Gasteiger partial charge is 0.346 e. The van der Waals surface area contributed by atoms with Crippen LogP contribution < -0.4 is 15.1 Å². The van der Waals surface area contributed by atoms with Crippen molar-refractivity contribution in [1.29, 1.82) is 0 Å². The number of hydrogen-bond donors (Lipinski definition) is 1. The number of aryl methyl sites for hydroxylation is 1. The lowest BCUT2D eigenvalue weighted by molar-refractivity contribution is -0.141. The van der Waals surface area contributed by atoms with Crippen LogP contribution in [0.2, 0.25) is 0 Å². The molecule has 1 atom stereocenters. The topological polar surface area (TPSA) is 109 Å². The number of rotatable bonds is 5. The molecule has 2 amide bonds. The lowest BCUT2D eigenvalue weighted by Crippen LogP contribution is -2.45. The first-order chi connectivity index (χ1) is 16.4. The Morgan fingerprint density at radius 2 is 1.94 bits per heavy atom. The second-order valence-electron chi connectivity index (χ2n) is 8.28. The first kappa shape index (κ1) is 24.1. The normalized spacial score (nSPS) is 15.6. The summed E-state index contributed by atoms with van der Waals surface area (Å²) in [6.07, 6.45) is -0.0877. The fraction of sp³-hybridized carbons (Fsp3) is 0.364. The van der Waals surface area contributed by atoms with Crippen LogP contribution in [0.25, 0.3) is 0 Å². The molecule has 0 bridgehead atoms. The van der Waals surface area contributed by atoms with Crippen molar-refractivity contribution >= 4 is 29.3 Å². The van der Waals surface area contributed by atoms with Gasteiger partial charge in [0.25, 0.3) is 0 Å². The zero-order valence-corrected chi connectivity index (χ0v) is 19.5. The molecule has 1 aliphatic heterocycles. The number of nitrogens with one attached hydrogen (secondary N) is 1. The molecule has 3 aromatic heterocycles. The Morgan fingerprint density at radius 1 is 1.20 bits per heavy atom. The van der Waals surface area contributed by atoms with Crippen molar-refractivity contribution < 1.29 is 22.8 Å². The molecule has 0 spiro atoms. The fourth-order valence-corrected chi connectivity index (χ4v) is 3.61. The Bertz CT molecular complexity index is 1270. The standard InChI is InChI=1S/C22H23F3N8O2/c1-12-18-19(31(4)13(2)20(35)29-18)30-21(28-12)33(14(3)34)11-16-8-27-32(10-16)9-15-5-6-17(26-7-15)22(23,24)25/h5-8,10,13H,9,11H2,1-4H3,(H,29,35)/t13-/m1/s1. The molecule has 0 fully saturated rings. The van der Waals surface area contributed by atoms with Gasteiger partial charge in [0.05, 0.1) is 25.0 Å². The predicted molar refractivity (Wildman–Crippen MR) is 121 cm³/mol. The molecular formula is C22H23F3N8O2. The third kappa shape index (κ3) is 4.93. The molecule has 0 radical (unpaired) electrons. The first-order valence-corrected chi connectivity index (χ1v) is 10.7. The molecule has 1 N–H and O–H groups in total. The van der Waals surface area contributed by atoms with Crippen molar-refractivity contribution in [3.63, 3.8) is 0 Å². The van der Waals surface area contributed by atoms with Crippen LogP contribution in [0.15, 0.2) is 30.7 Å². The minimum Gasteiger partial charge on any atom is -0.346 e. The van der Waals surface area contributed by atoms with E-state index in [0.717, 1.165) is 12.3 Å². The molecule has 4 rings (SSSR count). The molecule has 184 valence electrons. The van der Waals surface area contributed by atoms with Crippen molar-refractivity contribution in [3.05, 3.63) is 53.2 Å². The van der Waals surface area contributed by atoms with Gasteiger partial charge in [0.2, 0.25) is 17.8 Å². The molecule has 0 aliphatic carbocycles. The lowest BCUT2D eigenvalue weighted by Gasteiger charge is -2.33. The number of alkyl halides is 3. The highest BCUT2D eigenvalue weighted by atomic mass is 19.4. The van der Waals surface area contributed by atoms with Crippen LogP contribution >= 0.6 is 0 Å². The molecule has 3 aromatic rings. The number of nitrogens with zero attached hydrogens (tertiary/aromatic N) is 7. The van der Waals surface area contributed by atoms with Gasteiger partial charge in [0.15, 0.2) is 5.82 Å². The number of anilines is 3. The summed E-state index contributed by atoms with van der Waals surface area (Å²) >= 11 is 0. The summed E-state index contributed by atoms with van der Waals surface area (Å²) in [4.78, 5) is 40.2. The largest absolute Gasteiger partial charge is 0.433 e. The maximum atomic E-state index is 12.7. The quantitative estimate of drug-likeness (QED) is 0.588. The highest BCUT2D eigenvalue weighted by Crippen LogP contribution is 2.33. The zero-order chi connectivity index (χ0) is 25.5. The van der Waals surface area contributed by atoms with Gasteiger partial charge in [-0.2, -0.15) is 23.3 Å². The van der Waals surface area contributed by atoms with Gasteiger partial charge in [-0.05, 0) is 25.5 Å². The first-order valence-electron chi connectivity index (χ1n) is 10.7. The van der Waals surface area contributed by atoms with Gasteiger partial charge in [-0.3, -0.25) is 24.2 Å². The Labute approximate surface area is 198 Å². The number of pyridine rings is 1. The Kier molecular flexibility index (Phi) is 6.17. The van der Waals surface area contributed by atoms with E-state index in [4.69, 9.17) is 0 Å². The zero-order valence-electron chi connectivity index (χ0n) is 19.5. The van der Waals surface area contributed by atoms with Crippen molar-refractivity contribution in [2.75, 3.05) is 22.2 Å². The maximum absolute atomic E-state index is 12.7. The lowest BCUT2D eigenvalue weighted by atomic mass is 10.2. The van der Waals surface area contributed by atoms with E-state index in [9.17, 15) is 22.8 Å². The van der Waals surface area contributed by atoms with Crippen molar-refractivity contribution in [2.24, 2.45) is 0 Å². The monoisotopic (exact) mass is 488 g/mol. The van der Waals surface area contributed by atoms with E-state index in [-0.39, 0.29) is 30.9 Å². The molecule has 13 heteroatoms. The third-order valence-electron chi connectivity index (χ3n) is 5.71. The number of carbonyl (C=O) groups is 2. The summed E-state index contributed by atoms with van der Waals surface area (Å²) in [7, 11) is 1.75. The number of likely N-dealkylation sites (N-methyl/N-ethyl adjacent to an activating group) is 1. The number of halogens is 3. The number of amides is 2. The molecule has 35 heavy (non-hydrogen) atoms. The number of carbonyl (C=O) groups excluding carboxylic acids is 2. The van der Waals surface area contributed by atoms with Crippen LogP contribution in [0.5, 0.6) is 0 Å². The van der Waals surface area contributed by atoms with Crippen LogP contribution in [0.4, 0.5) is 30.6 Å². The third-order valence-corrected chi connectivity index (χ3v) is 5.71. The Balaban J connectivity index is 1.54. The second kappa shape index (κ2) is 8.96. The van der Waals surface area contributed by atoms with Crippen LogP contribution in [0, 0.1) is 6.92 Å². The molecule has 0 aromatic carbocycles. The van der Waals surface area contributed by atoms with Gasteiger partial charge < -0.3 is 10.2 Å². The predicted octanol–water partition coefficient (Wildman–Crippen LogP) is 2.77. The molecule has 4 heterocycles. The van der Waals surface area contributed by atoms with Gasteiger partial charge in [0.1, 0.15) is 17.4 Å². The number of aromatic nitrogens is 5. The minimum absolute atomic E-state index is 0.129. The summed E-state index contributed by atoms with van der Waals surface area (Å²) in [5.74, 6) is 0.234. The molecule has 0 saturated heterocycles. The Hall–Kier alpha value is -4.03. The fourth-order valence-electron chi connectivity index (χ4n) is 3.61. The summed E-state index contributed by atoms with van der Waals surface area (Å²) in [6.45, 7) is 5.21. The van der Waals surface area contributed by atoms with Crippen molar-refractivity contribution in [1.82, 2.24) is 24.7 Å². The van der Waals surface area contributed by atoms with Crippen LogP contribution in [-0.4, -0.2) is 49.6 Å². The van der Waals surface area contributed by atoms with Crippen LogP contribution in [0.3, 0.4) is 0 Å². The molecule has 0 saturated carbocycles. The van der Waals surface area contributed by atoms with E-state index in [1.807, 2.05) is 0 Å². The van der Waals surface area contributed by atoms with E-state index in [2.05, 4.69) is 25.4 Å². The van der Waals surface area contributed by atoms with E-state index in [0.29, 0.717) is 28.3 Å². The summed E-state index contributed by atoms with van der Waals surface area (Å²) in [5.41, 5.74) is 1.28. The van der Waals surface area contributed by atoms with Crippen molar-refractivity contribution in [2.45, 2.75) is 46.1 Å². The Morgan fingerprint density at radius 3 is 2.57 bits per heavy atom. The molecule has 1 aliphatic rings.